The fourth-order valence-corrected chi connectivity index (χ4v) is 1.22. The number of carbonyl (C=O) groups excluding carboxylic acids is 2. The van der Waals surface area contributed by atoms with Gasteiger partial charge in [0.1, 0.15) is 6.10 Å². The Balaban J connectivity index is 2.52. The smallest absolute Gasteiger partial charge is 0.336 e. The van der Waals surface area contributed by atoms with E-state index in [-0.39, 0.29) is 18.4 Å². The van der Waals surface area contributed by atoms with Crippen LogP contribution in [0.4, 0.5) is 0 Å². The van der Waals surface area contributed by atoms with Crippen molar-refractivity contribution in [2.75, 3.05) is 13.2 Å². The van der Waals surface area contributed by atoms with Gasteiger partial charge in [-0.25, -0.2) is 4.79 Å². The Morgan fingerprint density at radius 3 is 2.79 bits per heavy atom. The standard InChI is InChI=1S/C10H14O4/c1-3-13-10(12)8-4-5-9(7(2)11)14-6-8/h4,9H,3,5-6H2,1-2H3/t9-/m1/s1. The lowest BCUT2D eigenvalue weighted by molar-refractivity contribution is -0.141. The van der Waals surface area contributed by atoms with Crippen molar-refractivity contribution in [2.24, 2.45) is 0 Å². The van der Waals surface area contributed by atoms with Gasteiger partial charge in [-0.15, -0.1) is 0 Å². The van der Waals surface area contributed by atoms with Gasteiger partial charge in [0, 0.05) is 0 Å². The van der Waals surface area contributed by atoms with E-state index in [0.29, 0.717) is 18.6 Å². The molecule has 0 saturated heterocycles. The number of Topliss-reactive ketones (excluding diaryl/α,β-unsaturated/α-hetero) is 1. The maximum atomic E-state index is 11.2. The van der Waals surface area contributed by atoms with E-state index in [9.17, 15) is 9.59 Å². The van der Waals surface area contributed by atoms with Crippen molar-refractivity contribution in [2.45, 2.75) is 26.4 Å². The Bertz CT molecular complexity index is 267. The summed E-state index contributed by atoms with van der Waals surface area (Å²) in [6, 6.07) is 0. The summed E-state index contributed by atoms with van der Waals surface area (Å²) in [6.07, 6.45) is 1.78. The van der Waals surface area contributed by atoms with Crippen LogP contribution in [0.3, 0.4) is 0 Å². The van der Waals surface area contributed by atoms with E-state index in [0.717, 1.165) is 0 Å². The second-order valence-corrected chi connectivity index (χ2v) is 3.10. The van der Waals surface area contributed by atoms with Crippen LogP contribution >= 0.6 is 0 Å². The number of hydrogen-bond donors (Lipinski definition) is 0. The van der Waals surface area contributed by atoms with Gasteiger partial charge in [-0.2, -0.15) is 0 Å². The van der Waals surface area contributed by atoms with Crippen molar-refractivity contribution in [3.63, 3.8) is 0 Å². The van der Waals surface area contributed by atoms with Crippen LogP contribution in [0.1, 0.15) is 20.3 Å². The molecule has 0 bridgehead atoms. The van der Waals surface area contributed by atoms with Crippen molar-refractivity contribution in [3.8, 4) is 0 Å². The Kier molecular flexibility index (Phi) is 3.83. The van der Waals surface area contributed by atoms with E-state index < -0.39 is 6.10 Å². The highest BCUT2D eigenvalue weighted by molar-refractivity contribution is 5.89. The van der Waals surface area contributed by atoms with Crippen LogP contribution in [0.25, 0.3) is 0 Å². The molecule has 0 amide bonds. The third-order valence-corrected chi connectivity index (χ3v) is 2.01. The third-order valence-electron chi connectivity index (χ3n) is 2.01. The van der Waals surface area contributed by atoms with Crippen molar-refractivity contribution in [1.29, 1.82) is 0 Å². The van der Waals surface area contributed by atoms with Crippen LogP contribution in [0.2, 0.25) is 0 Å². The highest BCUT2D eigenvalue weighted by Gasteiger charge is 2.22. The quantitative estimate of drug-likeness (QED) is 0.631. The SMILES string of the molecule is CCOC(=O)C1=CC[C@H](C(C)=O)OC1. The first kappa shape index (κ1) is 10.9. The van der Waals surface area contributed by atoms with Crippen LogP contribution in [-0.2, 0) is 19.1 Å². The van der Waals surface area contributed by atoms with Gasteiger partial charge in [-0.1, -0.05) is 6.08 Å². The molecule has 14 heavy (non-hydrogen) atoms. The van der Waals surface area contributed by atoms with Gasteiger partial charge in [0.15, 0.2) is 5.78 Å². The van der Waals surface area contributed by atoms with E-state index >= 15 is 0 Å². The first-order valence-corrected chi connectivity index (χ1v) is 4.63. The molecule has 0 aliphatic carbocycles. The first-order valence-electron chi connectivity index (χ1n) is 4.63. The van der Waals surface area contributed by atoms with Crippen LogP contribution in [0.15, 0.2) is 11.6 Å². The molecule has 1 rings (SSSR count). The number of esters is 1. The predicted octanol–water partition coefficient (Wildman–Crippen LogP) is 0.854. The number of rotatable bonds is 3. The molecule has 1 aliphatic rings. The van der Waals surface area contributed by atoms with Gasteiger partial charge in [-0.3, -0.25) is 4.79 Å². The van der Waals surface area contributed by atoms with E-state index in [1.807, 2.05) is 0 Å². The predicted molar refractivity (Wildman–Crippen MR) is 49.8 cm³/mol. The molecular weight excluding hydrogens is 184 g/mol. The molecule has 0 aromatic rings. The second-order valence-electron chi connectivity index (χ2n) is 3.10. The summed E-state index contributed by atoms with van der Waals surface area (Å²) in [6.45, 7) is 3.75. The molecule has 1 atom stereocenters. The fraction of sp³-hybridized carbons (Fsp3) is 0.600. The van der Waals surface area contributed by atoms with Gasteiger partial charge in [0.2, 0.25) is 0 Å². The lowest BCUT2D eigenvalue weighted by atomic mass is 10.1. The van der Waals surface area contributed by atoms with Crippen LogP contribution in [0, 0.1) is 0 Å². The molecule has 4 heteroatoms. The summed E-state index contributed by atoms with van der Waals surface area (Å²) in [5.41, 5.74) is 0.504. The molecule has 0 aromatic carbocycles. The minimum atomic E-state index is -0.395. The fourth-order valence-electron chi connectivity index (χ4n) is 1.22. The monoisotopic (exact) mass is 198 g/mol. The van der Waals surface area contributed by atoms with Crippen molar-refractivity contribution >= 4 is 11.8 Å². The van der Waals surface area contributed by atoms with Crippen molar-refractivity contribution in [1.82, 2.24) is 0 Å². The molecule has 0 fully saturated rings. The zero-order chi connectivity index (χ0) is 10.6. The van der Waals surface area contributed by atoms with E-state index in [4.69, 9.17) is 9.47 Å². The molecular formula is C10H14O4. The van der Waals surface area contributed by atoms with E-state index in [1.165, 1.54) is 6.92 Å². The Morgan fingerprint density at radius 1 is 1.64 bits per heavy atom. The Hall–Kier alpha value is -1.16. The van der Waals surface area contributed by atoms with Gasteiger partial charge >= 0.3 is 5.97 Å². The number of hydrogen-bond acceptors (Lipinski definition) is 4. The zero-order valence-corrected chi connectivity index (χ0v) is 8.41. The highest BCUT2D eigenvalue weighted by Crippen LogP contribution is 2.14. The average molecular weight is 198 g/mol. The summed E-state index contributed by atoms with van der Waals surface area (Å²) in [5.74, 6) is -0.362. The van der Waals surface area contributed by atoms with Crippen LogP contribution in [0.5, 0.6) is 0 Å². The molecule has 0 saturated carbocycles. The summed E-state index contributed by atoms with van der Waals surface area (Å²) >= 11 is 0. The minimum absolute atomic E-state index is 0.0100. The number of ether oxygens (including phenoxy) is 2. The van der Waals surface area contributed by atoms with Gasteiger partial charge < -0.3 is 9.47 Å². The summed E-state index contributed by atoms with van der Waals surface area (Å²) < 4.78 is 10.0. The lowest BCUT2D eigenvalue weighted by Gasteiger charge is -2.19. The Morgan fingerprint density at radius 2 is 2.36 bits per heavy atom. The molecule has 0 spiro atoms. The summed E-state index contributed by atoms with van der Waals surface area (Å²) in [7, 11) is 0. The largest absolute Gasteiger partial charge is 0.463 e. The molecule has 0 radical (unpaired) electrons. The molecule has 0 unspecified atom stereocenters. The molecule has 1 heterocycles. The van der Waals surface area contributed by atoms with Crippen molar-refractivity contribution < 1.29 is 19.1 Å². The summed E-state index contributed by atoms with van der Waals surface area (Å²) in [4.78, 5) is 22.1. The molecule has 78 valence electrons. The Labute approximate surface area is 82.9 Å². The highest BCUT2D eigenvalue weighted by atomic mass is 16.5. The lowest BCUT2D eigenvalue weighted by Crippen LogP contribution is -2.28. The van der Waals surface area contributed by atoms with Gasteiger partial charge in [0.25, 0.3) is 0 Å². The average Bonchev–Trinajstić information content (AvgIpc) is 2.18. The molecule has 1 aliphatic heterocycles. The zero-order valence-electron chi connectivity index (χ0n) is 8.41. The number of carbonyl (C=O) groups is 2. The molecule has 0 aromatic heterocycles. The van der Waals surface area contributed by atoms with Crippen molar-refractivity contribution in [3.05, 3.63) is 11.6 Å². The third kappa shape index (κ3) is 2.67. The normalized spacial score (nSPS) is 21.3. The maximum absolute atomic E-state index is 11.2. The maximum Gasteiger partial charge on any atom is 0.336 e. The molecule has 0 N–H and O–H groups in total. The van der Waals surface area contributed by atoms with Crippen LogP contribution < -0.4 is 0 Å². The minimum Gasteiger partial charge on any atom is -0.463 e. The van der Waals surface area contributed by atoms with Crippen LogP contribution in [-0.4, -0.2) is 31.1 Å². The van der Waals surface area contributed by atoms with Gasteiger partial charge in [0.05, 0.1) is 18.8 Å². The van der Waals surface area contributed by atoms with E-state index in [1.54, 1.807) is 13.0 Å². The second kappa shape index (κ2) is 4.91. The summed E-state index contributed by atoms with van der Waals surface area (Å²) in [5, 5.41) is 0. The van der Waals surface area contributed by atoms with E-state index in [2.05, 4.69) is 0 Å². The molecule has 4 nitrogen and oxygen atoms in total. The van der Waals surface area contributed by atoms with Gasteiger partial charge in [-0.05, 0) is 20.3 Å². The first-order chi connectivity index (χ1) is 6.65. The number of ketones is 1. The topological polar surface area (TPSA) is 52.6 Å².